The number of anilines is 2. The monoisotopic (exact) mass is 429 g/mol. The second-order valence-electron chi connectivity index (χ2n) is 7.01. The lowest BCUT2D eigenvalue weighted by Crippen LogP contribution is -2.33. The maximum atomic E-state index is 12.3. The van der Waals surface area contributed by atoms with E-state index in [1.807, 2.05) is 6.92 Å². The van der Waals surface area contributed by atoms with E-state index in [-0.39, 0.29) is 36.7 Å². The molecule has 2 aromatic rings. The SMILES string of the molecule is CCCNC(=O)[C@@H]1CC(=O)N(c2ccc(OCC(=O)Nc3ccccc3Cl)cc2)C1. The zero-order valence-electron chi connectivity index (χ0n) is 16.7. The van der Waals surface area contributed by atoms with Crippen LogP contribution in [0.5, 0.6) is 5.75 Å². The molecule has 0 saturated carbocycles. The Hall–Kier alpha value is -3.06. The Balaban J connectivity index is 1.52. The quantitative estimate of drug-likeness (QED) is 0.674. The molecule has 0 radical (unpaired) electrons. The van der Waals surface area contributed by atoms with E-state index in [9.17, 15) is 14.4 Å². The van der Waals surface area contributed by atoms with Crippen molar-refractivity contribution < 1.29 is 19.1 Å². The van der Waals surface area contributed by atoms with Gasteiger partial charge in [-0.25, -0.2) is 0 Å². The van der Waals surface area contributed by atoms with Crippen molar-refractivity contribution in [3.63, 3.8) is 0 Å². The van der Waals surface area contributed by atoms with Crippen LogP contribution in [0.2, 0.25) is 5.02 Å². The zero-order valence-corrected chi connectivity index (χ0v) is 17.4. The Morgan fingerprint density at radius 1 is 1.17 bits per heavy atom. The van der Waals surface area contributed by atoms with E-state index in [0.717, 1.165) is 6.42 Å². The van der Waals surface area contributed by atoms with Crippen molar-refractivity contribution in [1.29, 1.82) is 0 Å². The predicted molar refractivity (Wildman–Crippen MR) is 116 cm³/mol. The van der Waals surface area contributed by atoms with Crippen LogP contribution in [-0.4, -0.2) is 37.4 Å². The number of carbonyl (C=O) groups excluding carboxylic acids is 3. The lowest BCUT2D eigenvalue weighted by Gasteiger charge is -2.17. The van der Waals surface area contributed by atoms with Gasteiger partial charge in [0.15, 0.2) is 6.61 Å². The molecule has 7 nitrogen and oxygen atoms in total. The average molecular weight is 430 g/mol. The van der Waals surface area contributed by atoms with Crippen LogP contribution in [0.15, 0.2) is 48.5 Å². The van der Waals surface area contributed by atoms with Gasteiger partial charge in [0.1, 0.15) is 5.75 Å². The van der Waals surface area contributed by atoms with Crippen LogP contribution in [0.3, 0.4) is 0 Å². The minimum absolute atomic E-state index is 0.0839. The molecule has 2 aromatic carbocycles. The smallest absolute Gasteiger partial charge is 0.262 e. The van der Waals surface area contributed by atoms with Crippen LogP contribution < -0.4 is 20.3 Å². The molecule has 3 amide bonds. The fraction of sp³-hybridized carbons (Fsp3) is 0.318. The third-order valence-electron chi connectivity index (χ3n) is 4.71. The zero-order chi connectivity index (χ0) is 21.5. The number of para-hydroxylation sites is 1. The molecule has 0 spiro atoms. The summed E-state index contributed by atoms with van der Waals surface area (Å²) in [5.41, 5.74) is 1.21. The van der Waals surface area contributed by atoms with Gasteiger partial charge in [-0.2, -0.15) is 0 Å². The first-order valence-electron chi connectivity index (χ1n) is 9.83. The van der Waals surface area contributed by atoms with Crippen molar-refractivity contribution in [3.05, 3.63) is 53.6 Å². The molecule has 0 bridgehead atoms. The highest BCUT2D eigenvalue weighted by molar-refractivity contribution is 6.33. The van der Waals surface area contributed by atoms with Crippen LogP contribution >= 0.6 is 11.6 Å². The van der Waals surface area contributed by atoms with Crippen molar-refractivity contribution in [2.75, 3.05) is 29.9 Å². The van der Waals surface area contributed by atoms with Crippen molar-refractivity contribution >= 4 is 40.7 Å². The molecule has 0 unspecified atom stereocenters. The molecule has 1 atom stereocenters. The number of nitrogens with zero attached hydrogens (tertiary/aromatic N) is 1. The first-order chi connectivity index (χ1) is 14.5. The Kier molecular flexibility index (Phi) is 7.30. The average Bonchev–Trinajstić information content (AvgIpc) is 3.14. The van der Waals surface area contributed by atoms with Gasteiger partial charge < -0.3 is 20.3 Å². The summed E-state index contributed by atoms with van der Waals surface area (Å²) in [6, 6.07) is 13.8. The molecule has 1 aliphatic heterocycles. The third kappa shape index (κ3) is 5.51. The van der Waals surface area contributed by atoms with Crippen LogP contribution in [0, 0.1) is 5.92 Å². The highest BCUT2D eigenvalue weighted by Gasteiger charge is 2.34. The second kappa shape index (κ2) is 10.1. The minimum Gasteiger partial charge on any atom is -0.484 e. The Morgan fingerprint density at radius 3 is 2.60 bits per heavy atom. The molecular weight excluding hydrogens is 406 g/mol. The van der Waals surface area contributed by atoms with E-state index >= 15 is 0 Å². The fourth-order valence-corrected chi connectivity index (χ4v) is 3.33. The Bertz CT molecular complexity index is 917. The van der Waals surface area contributed by atoms with Crippen molar-refractivity contribution in [3.8, 4) is 5.75 Å². The molecule has 30 heavy (non-hydrogen) atoms. The van der Waals surface area contributed by atoms with E-state index in [1.54, 1.807) is 53.4 Å². The first-order valence-corrected chi connectivity index (χ1v) is 10.2. The molecule has 3 rings (SSSR count). The second-order valence-corrected chi connectivity index (χ2v) is 7.41. The van der Waals surface area contributed by atoms with Gasteiger partial charge in [0.25, 0.3) is 5.91 Å². The number of amides is 3. The maximum absolute atomic E-state index is 12.3. The summed E-state index contributed by atoms with van der Waals surface area (Å²) in [5.74, 6) is -0.343. The third-order valence-corrected chi connectivity index (χ3v) is 5.04. The highest BCUT2D eigenvalue weighted by atomic mass is 35.5. The minimum atomic E-state index is -0.339. The lowest BCUT2D eigenvalue weighted by molar-refractivity contribution is -0.126. The van der Waals surface area contributed by atoms with Crippen molar-refractivity contribution in [2.24, 2.45) is 5.92 Å². The highest BCUT2D eigenvalue weighted by Crippen LogP contribution is 2.27. The molecule has 1 heterocycles. The van der Waals surface area contributed by atoms with E-state index in [4.69, 9.17) is 16.3 Å². The normalized spacial score (nSPS) is 15.7. The molecule has 1 fully saturated rings. The fourth-order valence-electron chi connectivity index (χ4n) is 3.15. The van der Waals surface area contributed by atoms with E-state index in [0.29, 0.717) is 35.2 Å². The van der Waals surface area contributed by atoms with Gasteiger partial charge in [0, 0.05) is 25.2 Å². The number of halogens is 1. The van der Waals surface area contributed by atoms with Gasteiger partial charge in [0.2, 0.25) is 11.8 Å². The number of nitrogens with one attached hydrogen (secondary N) is 2. The molecule has 2 N–H and O–H groups in total. The summed E-state index contributed by atoms with van der Waals surface area (Å²) >= 11 is 6.02. The van der Waals surface area contributed by atoms with Gasteiger partial charge in [-0.3, -0.25) is 14.4 Å². The molecule has 1 aliphatic rings. The molecule has 0 aromatic heterocycles. The van der Waals surface area contributed by atoms with Crippen LogP contribution in [0.4, 0.5) is 11.4 Å². The number of hydrogen-bond donors (Lipinski definition) is 2. The lowest BCUT2D eigenvalue weighted by atomic mass is 10.1. The van der Waals surface area contributed by atoms with Gasteiger partial charge in [-0.15, -0.1) is 0 Å². The summed E-state index contributed by atoms with van der Waals surface area (Å²) in [5, 5.41) is 5.98. The summed E-state index contributed by atoms with van der Waals surface area (Å²) in [6.07, 6.45) is 1.06. The molecule has 158 valence electrons. The maximum Gasteiger partial charge on any atom is 0.262 e. The van der Waals surface area contributed by atoms with Crippen molar-refractivity contribution in [1.82, 2.24) is 5.32 Å². The topological polar surface area (TPSA) is 87.7 Å². The first kappa shape index (κ1) is 21.6. The Morgan fingerprint density at radius 2 is 1.90 bits per heavy atom. The molecule has 1 saturated heterocycles. The number of carbonyl (C=O) groups is 3. The van der Waals surface area contributed by atoms with Crippen LogP contribution in [0.25, 0.3) is 0 Å². The Labute approximate surface area is 180 Å². The van der Waals surface area contributed by atoms with Gasteiger partial charge in [-0.05, 0) is 42.8 Å². The largest absolute Gasteiger partial charge is 0.484 e. The van der Waals surface area contributed by atoms with E-state index in [1.165, 1.54) is 0 Å². The number of ether oxygens (including phenoxy) is 1. The molecule has 0 aliphatic carbocycles. The summed E-state index contributed by atoms with van der Waals surface area (Å²) in [4.78, 5) is 38.1. The van der Waals surface area contributed by atoms with Gasteiger partial charge >= 0.3 is 0 Å². The van der Waals surface area contributed by atoms with E-state index < -0.39 is 0 Å². The predicted octanol–water partition coefficient (Wildman–Crippen LogP) is 3.24. The van der Waals surface area contributed by atoms with Crippen molar-refractivity contribution in [2.45, 2.75) is 19.8 Å². The summed E-state index contributed by atoms with van der Waals surface area (Å²) < 4.78 is 5.51. The number of rotatable bonds is 8. The van der Waals surface area contributed by atoms with Gasteiger partial charge in [-0.1, -0.05) is 30.7 Å². The molecular formula is C22H24ClN3O4. The summed E-state index contributed by atoms with van der Waals surface area (Å²) in [6.45, 7) is 2.78. The molecule has 8 heteroatoms. The van der Waals surface area contributed by atoms with Crippen LogP contribution in [-0.2, 0) is 14.4 Å². The standard InChI is InChI=1S/C22H24ClN3O4/c1-2-11-24-22(29)15-12-21(28)26(13-15)16-7-9-17(10-8-16)30-14-20(27)25-19-6-4-3-5-18(19)23/h3-10,15H,2,11-14H2,1H3,(H,24,29)(H,25,27)/t15-/m1/s1. The van der Waals surface area contributed by atoms with Gasteiger partial charge in [0.05, 0.1) is 16.6 Å². The van der Waals surface area contributed by atoms with Crippen LogP contribution in [0.1, 0.15) is 19.8 Å². The number of hydrogen-bond acceptors (Lipinski definition) is 4. The summed E-state index contributed by atoms with van der Waals surface area (Å²) in [7, 11) is 0. The van der Waals surface area contributed by atoms with E-state index in [2.05, 4.69) is 10.6 Å². The number of benzene rings is 2.